The fraction of sp³-hybridized carbons (Fsp3) is 0.600. The second-order valence-corrected chi connectivity index (χ2v) is 4.09. The van der Waals surface area contributed by atoms with E-state index in [1.165, 1.54) is 20.4 Å². The standard InChI is InChI=1S/C10H16N2O3S/c1-14-8-6-11-9(10(12-8)15-2)7(13)4-5-16-3/h6-7,13H,4-5H2,1-3H3. The highest BCUT2D eigenvalue weighted by Gasteiger charge is 2.16. The van der Waals surface area contributed by atoms with Crippen molar-refractivity contribution in [3.05, 3.63) is 11.9 Å². The molecule has 90 valence electrons. The van der Waals surface area contributed by atoms with Gasteiger partial charge in [-0.05, 0) is 18.4 Å². The van der Waals surface area contributed by atoms with Crippen LogP contribution in [0.4, 0.5) is 0 Å². The maximum Gasteiger partial charge on any atom is 0.241 e. The molecule has 1 aromatic heterocycles. The predicted molar refractivity (Wildman–Crippen MR) is 63.1 cm³/mol. The molecule has 0 aliphatic rings. The van der Waals surface area contributed by atoms with Crippen molar-refractivity contribution in [1.29, 1.82) is 0 Å². The molecule has 16 heavy (non-hydrogen) atoms. The van der Waals surface area contributed by atoms with E-state index in [1.54, 1.807) is 11.8 Å². The summed E-state index contributed by atoms with van der Waals surface area (Å²) in [5.41, 5.74) is 0.456. The van der Waals surface area contributed by atoms with E-state index in [0.29, 0.717) is 23.9 Å². The summed E-state index contributed by atoms with van der Waals surface area (Å²) in [7, 11) is 3.00. The predicted octanol–water partition coefficient (Wildman–Crippen LogP) is 1.28. The lowest BCUT2D eigenvalue weighted by molar-refractivity contribution is 0.163. The fourth-order valence-electron chi connectivity index (χ4n) is 1.21. The first kappa shape index (κ1) is 13.1. The molecule has 0 aliphatic heterocycles. The number of aromatic nitrogens is 2. The first-order valence-corrected chi connectivity index (χ1v) is 6.24. The first-order valence-electron chi connectivity index (χ1n) is 4.84. The summed E-state index contributed by atoms with van der Waals surface area (Å²) >= 11 is 1.67. The van der Waals surface area contributed by atoms with Gasteiger partial charge in [0.1, 0.15) is 11.8 Å². The SMILES string of the molecule is COc1cnc(C(O)CCSC)c(OC)n1. The smallest absolute Gasteiger partial charge is 0.241 e. The summed E-state index contributed by atoms with van der Waals surface area (Å²) in [5.74, 6) is 1.54. The monoisotopic (exact) mass is 244 g/mol. The zero-order valence-electron chi connectivity index (χ0n) is 9.64. The number of rotatable bonds is 6. The first-order chi connectivity index (χ1) is 7.72. The molecule has 0 saturated carbocycles. The van der Waals surface area contributed by atoms with Crippen LogP contribution in [0.5, 0.6) is 11.8 Å². The average Bonchev–Trinajstić information content (AvgIpc) is 2.34. The van der Waals surface area contributed by atoms with Gasteiger partial charge in [0.05, 0.1) is 20.4 Å². The molecule has 5 nitrogen and oxygen atoms in total. The van der Waals surface area contributed by atoms with E-state index in [0.717, 1.165) is 5.75 Å². The Morgan fingerprint density at radius 1 is 1.44 bits per heavy atom. The van der Waals surface area contributed by atoms with Crippen LogP contribution in [-0.2, 0) is 0 Å². The van der Waals surface area contributed by atoms with Gasteiger partial charge >= 0.3 is 0 Å². The maximum atomic E-state index is 9.89. The van der Waals surface area contributed by atoms with Crippen molar-refractivity contribution >= 4 is 11.8 Å². The Balaban J connectivity index is 2.85. The molecule has 1 aromatic rings. The molecule has 0 saturated heterocycles. The Morgan fingerprint density at radius 2 is 2.19 bits per heavy atom. The third kappa shape index (κ3) is 3.24. The molecule has 1 rings (SSSR count). The summed E-state index contributed by atoms with van der Waals surface area (Å²) in [6.45, 7) is 0. The highest BCUT2D eigenvalue weighted by Crippen LogP contribution is 2.25. The van der Waals surface area contributed by atoms with Crippen molar-refractivity contribution in [3.63, 3.8) is 0 Å². The van der Waals surface area contributed by atoms with Gasteiger partial charge in [-0.15, -0.1) is 0 Å². The minimum absolute atomic E-state index is 0.313. The van der Waals surface area contributed by atoms with Crippen molar-refractivity contribution in [1.82, 2.24) is 9.97 Å². The second-order valence-electron chi connectivity index (χ2n) is 3.10. The van der Waals surface area contributed by atoms with E-state index in [1.807, 2.05) is 6.26 Å². The van der Waals surface area contributed by atoms with Crippen LogP contribution in [0.3, 0.4) is 0 Å². The molecule has 0 aliphatic carbocycles. The molecule has 0 amide bonds. The Bertz CT molecular complexity index is 336. The van der Waals surface area contributed by atoms with E-state index in [4.69, 9.17) is 9.47 Å². The molecule has 0 aromatic carbocycles. The molecule has 1 N–H and O–H groups in total. The molecule has 0 radical (unpaired) electrons. The van der Waals surface area contributed by atoms with Crippen LogP contribution in [0.2, 0.25) is 0 Å². The van der Waals surface area contributed by atoms with Crippen molar-refractivity contribution in [2.45, 2.75) is 12.5 Å². The highest BCUT2D eigenvalue weighted by atomic mass is 32.2. The molecule has 0 fully saturated rings. The molecule has 6 heteroatoms. The lowest BCUT2D eigenvalue weighted by Crippen LogP contribution is -2.07. The van der Waals surface area contributed by atoms with Crippen LogP contribution >= 0.6 is 11.8 Å². The zero-order chi connectivity index (χ0) is 12.0. The minimum atomic E-state index is -0.652. The lowest BCUT2D eigenvalue weighted by Gasteiger charge is -2.12. The van der Waals surface area contributed by atoms with Gasteiger partial charge in [-0.25, -0.2) is 4.98 Å². The molecule has 1 atom stereocenters. The Kier molecular flexibility index (Phi) is 5.34. The number of methoxy groups -OCH3 is 2. The average molecular weight is 244 g/mol. The molecular weight excluding hydrogens is 228 g/mol. The lowest BCUT2D eigenvalue weighted by atomic mass is 10.2. The van der Waals surface area contributed by atoms with Crippen LogP contribution < -0.4 is 9.47 Å². The number of thioether (sulfide) groups is 1. The minimum Gasteiger partial charge on any atom is -0.480 e. The van der Waals surface area contributed by atoms with Gasteiger partial charge in [0.2, 0.25) is 11.8 Å². The van der Waals surface area contributed by atoms with Gasteiger partial charge < -0.3 is 14.6 Å². The van der Waals surface area contributed by atoms with Gasteiger partial charge in [0.15, 0.2) is 0 Å². The summed E-state index contributed by atoms with van der Waals surface area (Å²) in [6, 6.07) is 0. The fourth-order valence-corrected chi connectivity index (χ4v) is 1.67. The summed E-state index contributed by atoms with van der Waals surface area (Å²) in [6.07, 6.45) is 3.43. The Hall–Kier alpha value is -1.01. The van der Waals surface area contributed by atoms with E-state index in [2.05, 4.69) is 9.97 Å². The van der Waals surface area contributed by atoms with Crippen molar-refractivity contribution in [2.75, 3.05) is 26.2 Å². The number of ether oxygens (including phenoxy) is 2. The Labute approximate surface area is 99.2 Å². The van der Waals surface area contributed by atoms with Gasteiger partial charge in [-0.1, -0.05) is 0 Å². The third-order valence-corrected chi connectivity index (χ3v) is 2.70. The quantitative estimate of drug-likeness (QED) is 0.813. The van der Waals surface area contributed by atoms with Gasteiger partial charge in [-0.2, -0.15) is 16.7 Å². The number of aliphatic hydroxyl groups is 1. The van der Waals surface area contributed by atoms with Crippen LogP contribution in [0.15, 0.2) is 6.20 Å². The van der Waals surface area contributed by atoms with Crippen molar-refractivity contribution in [3.8, 4) is 11.8 Å². The highest BCUT2D eigenvalue weighted by molar-refractivity contribution is 7.98. The summed E-state index contributed by atoms with van der Waals surface area (Å²) < 4.78 is 10.0. The normalized spacial score (nSPS) is 12.2. The number of nitrogens with zero attached hydrogens (tertiary/aromatic N) is 2. The molecule has 1 unspecified atom stereocenters. The van der Waals surface area contributed by atoms with Crippen LogP contribution in [0.25, 0.3) is 0 Å². The zero-order valence-corrected chi connectivity index (χ0v) is 10.5. The molecule has 0 bridgehead atoms. The van der Waals surface area contributed by atoms with Gasteiger partial charge in [0.25, 0.3) is 0 Å². The number of hydrogen-bond acceptors (Lipinski definition) is 6. The van der Waals surface area contributed by atoms with E-state index < -0.39 is 6.10 Å². The molecule has 1 heterocycles. The number of aliphatic hydroxyl groups excluding tert-OH is 1. The van der Waals surface area contributed by atoms with Crippen molar-refractivity contribution in [2.24, 2.45) is 0 Å². The third-order valence-electron chi connectivity index (χ3n) is 2.06. The largest absolute Gasteiger partial charge is 0.480 e. The van der Waals surface area contributed by atoms with Crippen LogP contribution in [-0.4, -0.2) is 41.3 Å². The van der Waals surface area contributed by atoms with E-state index in [-0.39, 0.29) is 0 Å². The van der Waals surface area contributed by atoms with Crippen LogP contribution in [0, 0.1) is 0 Å². The summed E-state index contributed by atoms with van der Waals surface area (Å²) in [5, 5.41) is 9.89. The maximum absolute atomic E-state index is 9.89. The topological polar surface area (TPSA) is 64.5 Å². The Morgan fingerprint density at radius 3 is 2.75 bits per heavy atom. The van der Waals surface area contributed by atoms with E-state index >= 15 is 0 Å². The van der Waals surface area contributed by atoms with Crippen molar-refractivity contribution < 1.29 is 14.6 Å². The van der Waals surface area contributed by atoms with E-state index in [9.17, 15) is 5.11 Å². The van der Waals surface area contributed by atoms with Gasteiger partial charge in [0, 0.05) is 0 Å². The molecule has 0 spiro atoms. The molecular formula is C10H16N2O3S. The number of hydrogen-bond donors (Lipinski definition) is 1. The van der Waals surface area contributed by atoms with Gasteiger partial charge in [-0.3, -0.25) is 0 Å². The van der Waals surface area contributed by atoms with Crippen LogP contribution in [0.1, 0.15) is 18.2 Å². The second kappa shape index (κ2) is 6.55. The summed E-state index contributed by atoms with van der Waals surface area (Å²) in [4.78, 5) is 8.17.